The SMILES string of the molecule is C[C@@H]1CCc2c(sc3nc(-c4cccnc4)nc(SCCO)c23)C1. The van der Waals surface area contributed by atoms with Crippen LogP contribution in [0.15, 0.2) is 29.6 Å². The first-order chi connectivity index (χ1) is 11.8. The first kappa shape index (κ1) is 16.0. The molecule has 0 fully saturated rings. The molecule has 1 aliphatic rings. The molecule has 1 N–H and O–H groups in total. The van der Waals surface area contributed by atoms with E-state index < -0.39 is 0 Å². The quantitative estimate of drug-likeness (QED) is 0.566. The van der Waals surface area contributed by atoms with Gasteiger partial charge in [-0.1, -0.05) is 6.92 Å². The molecule has 4 nitrogen and oxygen atoms in total. The van der Waals surface area contributed by atoms with Gasteiger partial charge in [-0.25, -0.2) is 9.97 Å². The van der Waals surface area contributed by atoms with Crippen LogP contribution in [0.25, 0.3) is 21.6 Å². The smallest absolute Gasteiger partial charge is 0.163 e. The van der Waals surface area contributed by atoms with Gasteiger partial charge in [0.2, 0.25) is 0 Å². The van der Waals surface area contributed by atoms with Gasteiger partial charge in [0.1, 0.15) is 9.86 Å². The van der Waals surface area contributed by atoms with Crippen molar-refractivity contribution in [3.8, 4) is 11.4 Å². The Balaban J connectivity index is 1.89. The van der Waals surface area contributed by atoms with Gasteiger partial charge in [0.25, 0.3) is 0 Å². The topological polar surface area (TPSA) is 58.9 Å². The van der Waals surface area contributed by atoms with E-state index in [1.807, 2.05) is 23.5 Å². The Morgan fingerprint density at radius 1 is 1.38 bits per heavy atom. The fourth-order valence-corrected chi connectivity index (χ4v) is 5.43. The number of nitrogens with zero attached hydrogens (tertiary/aromatic N) is 3. The van der Waals surface area contributed by atoms with Crippen LogP contribution in [0.5, 0.6) is 0 Å². The van der Waals surface area contributed by atoms with E-state index in [4.69, 9.17) is 9.97 Å². The summed E-state index contributed by atoms with van der Waals surface area (Å²) in [6, 6.07) is 3.90. The standard InChI is InChI=1S/C18H19N3OS2/c1-11-4-5-13-14(9-11)24-18-15(13)17(23-8-7-22)20-16(21-18)12-3-2-6-19-10-12/h2-3,6,10-11,22H,4-5,7-9H2,1H3/t11-/m1/s1. The Labute approximate surface area is 149 Å². The number of thiophene rings is 1. The van der Waals surface area contributed by atoms with Crippen molar-refractivity contribution in [2.45, 2.75) is 31.2 Å². The largest absolute Gasteiger partial charge is 0.396 e. The molecule has 1 aliphatic carbocycles. The summed E-state index contributed by atoms with van der Waals surface area (Å²) in [5.74, 6) is 2.12. The minimum absolute atomic E-state index is 0.155. The van der Waals surface area contributed by atoms with Gasteiger partial charge < -0.3 is 5.11 Å². The molecule has 24 heavy (non-hydrogen) atoms. The number of hydrogen-bond acceptors (Lipinski definition) is 6. The third kappa shape index (κ3) is 2.94. The van der Waals surface area contributed by atoms with Gasteiger partial charge in [0, 0.05) is 34.0 Å². The van der Waals surface area contributed by atoms with E-state index in [2.05, 4.69) is 11.9 Å². The molecule has 124 valence electrons. The number of aliphatic hydroxyl groups excluding tert-OH is 1. The maximum absolute atomic E-state index is 9.24. The molecular formula is C18H19N3OS2. The number of thioether (sulfide) groups is 1. The molecule has 0 saturated heterocycles. The van der Waals surface area contributed by atoms with Gasteiger partial charge >= 0.3 is 0 Å². The van der Waals surface area contributed by atoms with Gasteiger partial charge in [-0.05, 0) is 42.9 Å². The van der Waals surface area contributed by atoms with Crippen LogP contribution in [0, 0.1) is 5.92 Å². The molecule has 4 rings (SSSR count). The van der Waals surface area contributed by atoms with Crippen LogP contribution in [0.3, 0.4) is 0 Å². The van der Waals surface area contributed by atoms with E-state index >= 15 is 0 Å². The van der Waals surface area contributed by atoms with Gasteiger partial charge in [-0.3, -0.25) is 4.98 Å². The number of aromatic nitrogens is 3. The van der Waals surface area contributed by atoms with E-state index in [-0.39, 0.29) is 6.61 Å². The van der Waals surface area contributed by atoms with Gasteiger partial charge in [-0.15, -0.1) is 23.1 Å². The fraction of sp³-hybridized carbons (Fsp3) is 0.389. The highest BCUT2D eigenvalue weighted by Gasteiger charge is 2.24. The molecule has 6 heteroatoms. The predicted molar refractivity (Wildman–Crippen MR) is 99.6 cm³/mol. The summed E-state index contributed by atoms with van der Waals surface area (Å²) in [7, 11) is 0. The van der Waals surface area contributed by atoms with E-state index in [1.54, 1.807) is 24.2 Å². The van der Waals surface area contributed by atoms with E-state index in [1.165, 1.54) is 22.2 Å². The highest BCUT2D eigenvalue weighted by atomic mass is 32.2. The minimum Gasteiger partial charge on any atom is -0.396 e. The van der Waals surface area contributed by atoms with Crippen molar-refractivity contribution in [1.82, 2.24) is 15.0 Å². The molecule has 1 atom stereocenters. The number of rotatable bonds is 4. The zero-order chi connectivity index (χ0) is 16.5. The lowest BCUT2D eigenvalue weighted by Gasteiger charge is -2.18. The third-order valence-corrected chi connectivity index (χ3v) is 6.48. The average Bonchev–Trinajstić information content (AvgIpc) is 2.97. The molecule has 0 aromatic carbocycles. The molecule has 3 heterocycles. The summed E-state index contributed by atoms with van der Waals surface area (Å²) < 4.78 is 0. The van der Waals surface area contributed by atoms with Crippen molar-refractivity contribution in [2.75, 3.05) is 12.4 Å². The molecule has 0 bridgehead atoms. The molecule has 0 saturated carbocycles. The van der Waals surface area contributed by atoms with Crippen LogP contribution < -0.4 is 0 Å². The Hall–Kier alpha value is -1.50. The zero-order valence-corrected chi connectivity index (χ0v) is 15.2. The van der Waals surface area contributed by atoms with Crippen molar-refractivity contribution in [3.05, 3.63) is 35.0 Å². The van der Waals surface area contributed by atoms with Gasteiger partial charge in [0.15, 0.2) is 5.82 Å². The highest BCUT2D eigenvalue weighted by molar-refractivity contribution is 7.99. The lowest BCUT2D eigenvalue weighted by atomic mass is 9.89. The maximum atomic E-state index is 9.24. The predicted octanol–water partition coefficient (Wildman–Crippen LogP) is 3.96. The molecule has 0 spiro atoms. The fourth-order valence-electron chi connectivity index (χ4n) is 3.18. The second-order valence-electron chi connectivity index (χ2n) is 6.20. The molecular weight excluding hydrogens is 338 g/mol. The van der Waals surface area contributed by atoms with Gasteiger partial charge in [0.05, 0.1) is 6.61 Å². The Morgan fingerprint density at radius 3 is 3.08 bits per heavy atom. The molecule has 0 aliphatic heterocycles. The lowest BCUT2D eigenvalue weighted by Crippen LogP contribution is -2.08. The Morgan fingerprint density at radius 2 is 2.29 bits per heavy atom. The highest BCUT2D eigenvalue weighted by Crippen LogP contribution is 2.41. The average molecular weight is 358 g/mol. The number of pyridine rings is 1. The monoisotopic (exact) mass is 357 g/mol. The van der Waals surface area contributed by atoms with Crippen LogP contribution in [-0.4, -0.2) is 32.4 Å². The van der Waals surface area contributed by atoms with Crippen molar-refractivity contribution >= 4 is 33.3 Å². The van der Waals surface area contributed by atoms with E-state index in [9.17, 15) is 5.11 Å². The number of aliphatic hydroxyl groups is 1. The Bertz CT molecular complexity index is 864. The van der Waals surface area contributed by atoms with E-state index in [0.29, 0.717) is 5.75 Å². The second-order valence-corrected chi connectivity index (χ2v) is 8.37. The van der Waals surface area contributed by atoms with Crippen molar-refractivity contribution in [2.24, 2.45) is 5.92 Å². The third-order valence-electron chi connectivity index (χ3n) is 4.37. The number of aryl methyl sites for hydroxylation is 1. The normalized spacial score (nSPS) is 17.2. The van der Waals surface area contributed by atoms with Crippen LogP contribution >= 0.6 is 23.1 Å². The minimum atomic E-state index is 0.155. The van der Waals surface area contributed by atoms with Crippen molar-refractivity contribution in [3.63, 3.8) is 0 Å². The summed E-state index contributed by atoms with van der Waals surface area (Å²) in [5, 5.41) is 11.5. The summed E-state index contributed by atoms with van der Waals surface area (Å²) in [6.07, 6.45) is 7.04. The zero-order valence-electron chi connectivity index (χ0n) is 13.5. The first-order valence-corrected chi connectivity index (χ1v) is 10.0. The first-order valence-electron chi connectivity index (χ1n) is 8.22. The molecule has 0 amide bonds. The molecule has 3 aromatic heterocycles. The number of hydrogen-bond donors (Lipinski definition) is 1. The van der Waals surface area contributed by atoms with Crippen LogP contribution in [-0.2, 0) is 12.8 Å². The van der Waals surface area contributed by atoms with Crippen LogP contribution in [0.2, 0.25) is 0 Å². The Kier molecular flexibility index (Phi) is 4.52. The molecule has 0 radical (unpaired) electrons. The van der Waals surface area contributed by atoms with Crippen molar-refractivity contribution < 1.29 is 5.11 Å². The summed E-state index contributed by atoms with van der Waals surface area (Å²) in [6.45, 7) is 2.48. The van der Waals surface area contributed by atoms with Gasteiger partial charge in [-0.2, -0.15) is 0 Å². The summed E-state index contributed by atoms with van der Waals surface area (Å²) >= 11 is 3.43. The number of fused-ring (bicyclic) bond motifs is 3. The molecule has 0 unspecified atom stereocenters. The lowest BCUT2D eigenvalue weighted by molar-refractivity contribution is 0.322. The van der Waals surface area contributed by atoms with E-state index in [0.717, 1.165) is 40.0 Å². The summed E-state index contributed by atoms with van der Waals surface area (Å²) in [5.41, 5.74) is 2.37. The summed E-state index contributed by atoms with van der Waals surface area (Å²) in [4.78, 5) is 16.4. The molecule has 3 aromatic rings. The van der Waals surface area contributed by atoms with Crippen molar-refractivity contribution in [1.29, 1.82) is 0 Å². The van der Waals surface area contributed by atoms with Crippen LogP contribution in [0.4, 0.5) is 0 Å². The second kappa shape index (κ2) is 6.78. The van der Waals surface area contributed by atoms with Crippen LogP contribution in [0.1, 0.15) is 23.8 Å². The maximum Gasteiger partial charge on any atom is 0.163 e.